The van der Waals surface area contributed by atoms with Gasteiger partial charge in [-0.25, -0.2) is 0 Å². The van der Waals surface area contributed by atoms with Crippen LogP contribution in [-0.4, -0.2) is 59.6 Å². The summed E-state index contributed by atoms with van der Waals surface area (Å²) in [5.74, 6) is -4.22. The van der Waals surface area contributed by atoms with Crippen LogP contribution >= 0.6 is 11.6 Å². The van der Waals surface area contributed by atoms with Crippen molar-refractivity contribution in [1.29, 1.82) is 0 Å². The molecule has 0 radical (unpaired) electrons. The molecule has 72 heavy (non-hydrogen) atoms. The Bertz CT molecular complexity index is 3210. The summed E-state index contributed by atoms with van der Waals surface area (Å²) in [5.41, 5.74) is 0.936. The van der Waals surface area contributed by atoms with Crippen LogP contribution in [0.4, 0.5) is 22.7 Å². The number of fused-ring (bicyclic) bond motifs is 1. The number of benzene rings is 5. The van der Waals surface area contributed by atoms with Crippen molar-refractivity contribution in [3.8, 4) is 17.2 Å². The van der Waals surface area contributed by atoms with Gasteiger partial charge in [0, 0.05) is 41.0 Å². The number of nitrogens with two attached hydrogens (primary N) is 1. The maximum Gasteiger partial charge on any atom is 0.296 e. The molecule has 3 amide bonds. The minimum absolute atomic E-state index is 0.0208. The number of primary amides is 1. The van der Waals surface area contributed by atoms with E-state index in [-0.39, 0.29) is 45.6 Å². The molecule has 5 aromatic rings. The molecule has 0 saturated carbocycles. The molecule has 5 rings (SSSR count). The first-order chi connectivity index (χ1) is 33.2. The quantitative estimate of drug-likeness (QED) is 0.0194. The Labute approximate surface area is 424 Å². The summed E-state index contributed by atoms with van der Waals surface area (Å²) in [4.78, 5) is 54.4. The standard InChI is InChI=1S/C51H60ClN5O13S2/c1-12-48(8,9)35-27-37(49(10,11)13-2)39(70-50(52,14-3)45(53)61)28-36(35)51(44(60)47(5,6)7,46(62)55-31-18-16-15-17-19-31)69-33-22-20-32(21-23-33)56-57-42-40(72(66,67)68)25-30-24-34(71(63,64)65)26-38(54-29(4)58)41(30)43(42)59/h15-28,59H,12-14H2,1-11H3,(H2,53,61)(H,54,58)(H,55,62)(H,63,64,65)(H,66,67,68). The minimum atomic E-state index is -5.23. The number of para-hydroxylation sites is 1. The van der Waals surface area contributed by atoms with Gasteiger partial charge in [-0.2, -0.15) is 21.9 Å². The van der Waals surface area contributed by atoms with Gasteiger partial charge in [-0.15, -0.1) is 5.11 Å². The zero-order valence-electron chi connectivity index (χ0n) is 41.8. The Morgan fingerprint density at radius 3 is 1.79 bits per heavy atom. The van der Waals surface area contributed by atoms with Crippen molar-refractivity contribution in [2.24, 2.45) is 21.4 Å². The number of phenols is 1. The van der Waals surface area contributed by atoms with Gasteiger partial charge in [0.25, 0.3) is 42.7 Å². The lowest BCUT2D eigenvalue weighted by molar-refractivity contribution is -0.152. The molecular weight excluding hydrogens is 990 g/mol. The number of rotatable bonds is 19. The van der Waals surface area contributed by atoms with Gasteiger partial charge in [-0.1, -0.05) is 105 Å². The number of carbonyl (C=O) groups excluding carboxylic acids is 4. The van der Waals surface area contributed by atoms with Crippen LogP contribution in [0, 0.1) is 5.41 Å². The number of nitrogens with one attached hydrogen (secondary N) is 2. The molecule has 5 aromatic carbocycles. The van der Waals surface area contributed by atoms with E-state index in [1.165, 1.54) is 30.3 Å². The monoisotopic (exact) mass is 1050 g/mol. The fourth-order valence-electron chi connectivity index (χ4n) is 7.72. The van der Waals surface area contributed by atoms with Crippen molar-refractivity contribution < 1.29 is 59.7 Å². The van der Waals surface area contributed by atoms with Crippen molar-refractivity contribution >= 4 is 88.9 Å². The molecule has 7 N–H and O–H groups in total. The Kier molecular flexibility index (Phi) is 16.1. The maximum atomic E-state index is 15.6. The van der Waals surface area contributed by atoms with E-state index in [1.54, 1.807) is 58.0 Å². The van der Waals surface area contributed by atoms with E-state index < -0.39 is 91.9 Å². The first-order valence-corrected chi connectivity index (χ1v) is 26.0. The molecule has 0 saturated heterocycles. The Morgan fingerprint density at radius 2 is 1.29 bits per heavy atom. The van der Waals surface area contributed by atoms with Gasteiger partial charge in [0.1, 0.15) is 22.1 Å². The summed E-state index contributed by atoms with van der Waals surface area (Å²) in [6, 6.07) is 19.6. The maximum absolute atomic E-state index is 15.6. The highest BCUT2D eigenvalue weighted by Crippen LogP contribution is 2.49. The van der Waals surface area contributed by atoms with Gasteiger partial charge in [0.15, 0.2) is 11.5 Å². The Hall–Kier alpha value is -6.45. The van der Waals surface area contributed by atoms with Crippen LogP contribution in [-0.2, 0) is 55.8 Å². The highest BCUT2D eigenvalue weighted by Gasteiger charge is 2.56. The third-order valence-electron chi connectivity index (χ3n) is 12.6. The number of halogens is 1. The van der Waals surface area contributed by atoms with E-state index in [9.17, 15) is 40.6 Å². The fraction of sp³-hybridized carbons (Fsp3) is 0.373. The predicted molar refractivity (Wildman–Crippen MR) is 274 cm³/mol. The third kappa shape index (κ3) is 11.7. The summed E-state index contributed by atoms with van der Waals surface area (Å²) in [5, 5.41) is 22.1. The van der Waals surface area contributed by atoms with Crippen LogP contribution in [0.25, 0.3) is 10.8 Å². The summed E-state index contributed by atoms with van der Waals surface area (Å²) in [7, 11) is -10.2. The lowest BCUT2D eigenvalue weighted by Crippen LogP contribution is -2.56. The van der Waals surface area contributed by atoms with Crippen LogP contribution in [0.2, 0.25) is 0 Å². The number of amides is 3. The van der Waals surface area contributed by atoms with E-state index in [2.05, 4.69) is 20.9 Å². The van der Waals surface area contributed by atoms with Crippen LogP contribution in [0.15, 0.2) is 105 Å². The highest BCUT2D eigenvalue weighted by molar-refractivity contribution is 7.86. The molecule has 0 spiro atoms. The molecule has 0 aromatic heterocycles. The van der Waals surface area contributed by atoms with E-state index in [1.807, 2.05) is 47.6 Å². The number of hydrogen-bond donors (Lipinski definition) is 6. The summed E-state index contributed by atoms with van der Waals surface area (Å²) in [6.45, 7) is 19.4. The summed E-state index contributed by atoms with van der Waals surface area (Å²) >= 11 is 6.82. The molecule has 0 fully saturated rings. The van der Waals surface area contributed by atoms with Gasteiger partial charge in [0.2, 0.25) is 5.91 Å². The second-order valence-electron chi connectivity index (χ2n) is 19.6. The first-order valence-electron chi connectivity index (χ1n) is 22.7. The topological polar surface area (TPSA) is 291 Å². The van der Waals surface area contributed by atoms with Crippen molar-refractivity contribution in [1.82, 2.24) is 0 Å². The average molecular weight is 1050 g/mol. The zero-order chi connectivity index (χ0) is 54.2. The molecule has 2 atom stereocenters. The SMILES string of the molecule is CCC(Cl)(Oc1cc(C(Oc2ccc(N=Nc3c(S(=O)(=O)O)cc4cc(S(=O)(=O)O)cc(NC(C)=O)c4c3O)cc2)(C(=O)Nc2ccccc2)C(=O)C(C)(C)C)c(C(C)(C)CC)cc1C(C)(C)CC)C(N)=O. The first kappa shape index (κ1) is 56.5. The molecule has 18 nitrogen and oxygen atoms in total. The number of aromatic hydroxyl groups is 1. The largest absolute Gasteiger partial charge is 0.505 e. The molecule has 0 aliphatic rings. The molecule has 386 valence electrons. The second-order valence-corrected chi connectivity index (χ2v) is 23.0. The smallest absolute Gasteiger partial charge is 0.296 e. The Balaban J connectivity index is 1.82. The second kappa shape index (κ2) is 20.6. The van der Waals surface area contributed by atoms with Gasteiger partial charge in [0.05, 0.1) is 16.3 Å². The minimum Gasteiger partial charge on any atom is -0.505 e. The normalized spacial score (nSPS) is 14.3. The van der Waals surface area contributed by atoms with Crippen molar-refractivity contribution in [3.05, 3.63) is 102 Å². The number of nitrogens with zero attached hydrogens (tertiary/aromatic N) is 2. The van der Waals surface area contributed by atoms with Gasteiger partial charge >= 0.3 is 0 Å². The number of anilines is 2. The highest BCUT2D eigenvalue weighted by atomic mass is 35.5. The van der Waals surface area contributed by atoms with E-state index in [0.29, 0.717) is 29.7 Å². The lowest BCUT2D eigenvalue weighted by atomic mass is 9.68. The molecule has 0 heterocycles. The molecule has 0 aliphatic carbocycles. The zero-order valence-corrected chi connectivity index (χ0v) is 44.2. The Morgan fingerprint density at radius 1 is 0.708 bits per heavy atom. The molecule has 0 aliphatic heterocycles. The van der Waals surface area contributed by atoms with E-state index in [4.69, 9.17) is 26.8 Å². The summed E-state index contributed by atoms with van der Waals surface area (Å²) < 4.78 is 82.9. The van der Waals surface area contributed by atoms with E-state index in [0.717, 1.165) is 25.1 Å². The number of alkyl halides is 1. The van der Waals surface area contributed by atoms with Gasteiger partial charge in [-0.3, -0.25) is 28.3 Å². The molecule has 21 heteroatoms. The van der Waals surface area contributed by atoms with Crippen molar-refractivity contribution in [2.75, 3.05) is 10.6 Å². The summed E-state index contributed by atoms with van der Waals surface area (Å²) in [6.07, 6.45) is 1.04. The molecular formula is C51H60ClN5O13S2. The number of hydrogen-bond acceptors (Lipinski definition) is 13. The number of ether oxygens (including phenoxy) is 2. The van der Waals surface area contributed by atoms with Crippen LogP contribution in [0.3, 0.4) is 0 Å². The van der Waals surface area contributed by atoms with Crippen LogP contribution < -0.4 is 25.8 Å². The van der Waals surface area contributed by atoms with Crippen molar-refractivity contribution in [3.63, 3.8) is 0 Å². The van der Waals surface area contributed by atoms with E-state index >= 15 is 9.59 Å². The van der Waals surface area contributed by atoms with Crippen LogP contribution in [0.1, 0.15) is 112 Å². The van der Waals surface area contributed by atoms with Crippen LogP contribution in [0.5, 0.6) is 17.2 Å². The lowest BCUT2D eigenvalue weighted by Gasteiger charge is -2.41. The fourth-order valence-corrected chi connectivity index (χ4v) is 9.00. The molecule has 2 unspecified atom stereocenters. The van der Waals surface area contributed by atoms with Gasteiger partial charge < -0.3 is 30.9 Å². The third-order valence-corrected chi connectivity index (χ3v) is 14.8. The van der Waals surface area contributed by atoms with Gasteiger partial charge in [-0.05, 0) is 95.3 Å². The predicted octanol–water partition coefficient (Wildman–Crippen LogP) is 10.5. The number of azo groups is 1. The molecule has 0 bridgehead atoms. The number of ketones is 1. The van der Waals surface area contributed by atoms with Crippen molar-refractivity contribution in [2.45, 2.75) is 127 Å². The average Bonchev–Trinajstić information content (AvgIpc) is 3.29. The number of Topliss-reactive ketones (excluding diaryl/α,β-unsaturated/α-hetero) is 1. The number of carbonyl (C=O) groups is 4. The number of phenolic OH excluding ortho intramolecular Hbond substituents is 1.